The average Bonchev–Trinajstić information content (AvgIpc) is 2.64. The van der Waals surface area contributed by atoms with Crippen LogP contribution in [0, 0.1) is 0 Å². The molecule has 4 nitrogen and oxygen atoms in total. The Kier molecular flexibility index (Phi) is 5.63. The lowest BCUT2D eigenvalue weighted by molar-refractivity contribution is 0.625. The van der Waals surface area contributed by atoms with E-state index in [2.05, 4.69) is 0 Å². The molecule has 0 saturated carbocycles. The minimum Gasteiger partial charge on any atom is -0.184 e. The lowest BCUT2D eigenvalue weighted by Crippen LogP contribution is -2.08. The fourth-order valence-electron chi connectivity index (χ4n) is 2.64. The van der Waals surface area contributed by atoms with E-state index in [0.717, 1.165) is 15.9 Å². The summed E-state index contributed by atoms with van der Waals surface area (Å²) in [6, 6.07) is 9.99. The lowest BCUT2D eigenvalue weighted by atomic mass is 10.2. The second-order valence-electron chi connectivity index (χ2n) is 5.41. The molecule has 0 aromatic heterocycles. The first-order valence-corrected chi connectivity index (χ1v) is 11.1. The summed E-state index contributed by atoms with van der Waals surface area (Å²) in [5, 5.41) is 3.28. The molecule has 7 heteroatoms. The molecular formula is C18H15O4PS2. The topological polar surface area (TPSA) is 68.3 Å². The van der Waals surface area contributed by atoms with Gasteiger partial charge in [0.1, 0.15) is 0 Å². The Morgan fingerprint density at radius 2 is 1.16 bits per heavy atom. The van der Waals surface area contributed by atoms with E-state index in [4.69, 9.17) is 0 Å². The van der Waals surface area contributed by atoms with Gasteiger partial charge in [-0.05, 0) is 36.0 Å². The molecule has 3 rings (SSSR count). The van der Waals surface area contributed by atoms with Gasteiger partial charge in [0.15, 0.2) is 0 Å². The Labute approximate surface area is 150 Å². The van der Waals surface area contributed by atoms with E-state index in [1.807, 2.05) is 54.6 Å². The van der Waals surface area contributed by atoms with E-state index < -0.39 is 28.5 Å². The highest BCUT2D eigenvalue weighted by atomic mass is 32.2. The number of hydrogen-bond acceptors (Lipinski definition) is 4. The van der Waals surface area contributed by atoms with Crippen LogP contribution in [0.15, 0.2) is 77.4 Å². The number of allylic oxidation sites excluding steroid dienone is 8. The van der Waals surface area contributed by atoms with Gasteiger partial charge in [0.2, 0.25) is 20.6 Å². The number of benzene rings is 1. The predicted molar refractivity (Wildman–Crippen MR) is 105 cm³/mol. The first-order valence-electron chi connectivity index (χ1n) is 7.58. The van der Waals surface area contributed by atoms with Crippen molar-refractivity contribution in [2.75, 3.05) is 0 Å². The smallest absolute Gasteiger partial charge is 0.184 e. The summed E-state index contributed by atoms with van der Waals surface area (Å²) >= 11 is 0. The minimum atomic E-state index is -2.20. The van der Waals surface area contributed by atoms with Crippen molar-refractivity contribution in [3.05, 3.63) is 77.4 Å². The molecule has 0 fully saturated rings. The molecule has 0 bridgehead atoms. The molecule has 0 aliphatic heterocycles. The fraction of sp³-hybridized carbons (Fsp3) is 0.111. The molecule has 2 aliphatic rings. The van der Waals surface area contributed by atoms with Gasteiger partial charge in [-0.15, -0.1) is 0 Å². The third-order valence-corrected chi connectivity index (χ3v) is 7.84. The van der Waals surface area contributed by atoms with Gasteiger partial charge in [-0.3, -0.25) is 0 Å². The zero-order valence-electron chi connectivity index (χ0n) is 13.2. The summed E-state index contributed by atoms with van der Waals surface area (Å²) in [5.74, 6) is 0. The van der Waals surface area contributed by atoms with Crippen molar-refractivity contribution in [1.82, 2.24) is 0 Å². The monoisotopic (exact) mass is 390 g/mol. The van der Waals surface area contributed by atoms with Crippen LogP contribution in [0.25, 0.3) is 0 Å². The second-order valence-corrected chi connectivity index (χ2v) is 9.61. The molecule has 128 valence electrons. The maximum atomic E-state index is 11.1. The quantitative estimate of drug-likeness (QED) is 0.588. The molecule has 1 aromatic rings. The average molecular weight is 390 g/mol. The summed E-state index contributed by atoms with van der Waals surface area (Å²) in [4.78, 5) is 0.745. The molecule has 25 heavy (non-hydrogen) atoms. The summed E-state index contributed by atoms with van der Waals surface area (Å²) in [6.45, 7) is 0. The normalized spacial score (nSPS) is 16.7. The van der Waals surface area contributed by atoms with Crippen molar-refractivity contribution >= 4 is 43.5 Å². The highest BCUT2D eigenvalue weighted by Gasteiger charge is 2.21. The molecule has 2 aliphatic carbocycles. The van der Waals surface area contributed by atoms with E-state index in [0.29, 0.717) is 22.6 Å². The molecule has 0 atom stereocenters. The molecule has 0 unspecified atom stereocenters. The third kappa shape index (κ3) is 4.15. The summed E-state index contributed by atoms with van der Waals surface area (Å²) < 4.78 is 44.4. The maximum absolute atomic E-state index is 11.1. The van der Waals surface area contributed by atoms with Crippen molar-refractivity contribution in [2.45, 2.75) is 12.8 Å². The number of rotatable bonds is 3. The van der Waals surface area contributed by atoms with Crippen LogP contribution in [-0.2, 0) is 20.6 Å². The zero-order chi connectivity index (χ0) is 17.8. The van der Waals surface area contributed by atoms with Crippen LogP contribution in [0.3, 0.4) is 0 Å². The molecule has 0 radical (unpaired) electrons. The first kappa shape index (κ1) is 17.8. The van der Waals surface area contributed by atoms with Crippen molar-refractivity contribution in [3.8, 4) is 0 Å². The Morgan fingerprint density at radius 3 is 1.52 bits per heavy atom. The van der Waals surface area contributed by atoms with Crippen LogP contribution in [-0.4, -0.2) is 26.6 Å². The van der Waals surface area contributed by atoms with Crippen LogP contribution < -0.4 is 5.30 Å². The van der Waals surface area contributed by atoms with E-state index in [1.165, 1.54) is 0 Å². The van der Waals surface area contributed by atoms with Gasteiger partial charge in [-0.2, -0.15) is 16.8 Å². The predicted octanol–water partition coefficient (Wildman–Crippen LogP) is 2.58. The third-order valence-electron chi connectivity index (χ3n) is 3.86. The molecule has 0 heterocycles. The van der Waals surface area contributed by atoms with E-state index >= 15 is 0 Å². The second kappa shape index (κ2) is 7.91. The zero-order valence-corrected chi connectivity index (χ0v) is 15.7. The van der Waals surface area contributed by atoms with Gasteiger partial charge in [0, 0.05) is 12.8 Å². The van der Waals surface area contributed by atoms with Gasteiger partial charge >= 0.3 is 0 Å². The standard InChI is InChI=1S/C18H15O4PS2/c19-24(20)17-10-6-15(7-11-17)23(14-4-2-1-3-5-14)16-8-12-18(13-9-16)25(21)22/h1-10,12H,11,13H2. The Morgan fingerprint density at radius 1 is 0.680 bits per heavy atom. The van der Waals surface area contributed by atoms with Gasteiger partial charge in [-0.1, -0.05) is 54.6 Å². The minimum absolute atomic E-state index is 0.372. The Bertz CT molecular complexity index is 1000. The molecule has 0 saturated heterocycles. The Balaban J connectivity index is 2.02. The van der Waals surface area contributed by atoms with Gasteiger partial charge in [0.05, 0.1) is 9.73 Å². The highest BCUT2D eigenvalue weighted by molar-refractivity contribution is 7.75. The van der Waals surface area contributed by atoms with Crippen LogP contribution >= 0.6 is 7.92 Å². The van der Waals surface area contributed by atoms with E-state index in [1.54, 1.807) is 12.2 Å². The fourth-order valence-corrected chi connectivity index (χ4v) is 5.80. The SMILES string of the molecule is O=S(=O)=C1C=CC(P(C2=CCC(=S(=O)=O)C=C2)c2ccccc2)=CC1. The number of hydrogen-bond donors (Lipinski definition) is 0. The van der Waals surface area contributed by atoms with Crippen LogP contribution in [0.4, 0.5) is 0 Å². The van der Waals surface area contributed by atoms with Crippen molar-refractivity contribution in [1.29, 1.82) is 0 Å². The highest BCUT2D eigenvalue weighted by Crippen LogP contribution is 2.53. The molecule has 0 N–H and O–H groups in total. The molecular weight excluding hydrogens is 375 g/mol. The molecule has 0 spiro atoms. The maximum Gasteiger partial charge on any atom is 0.217 e. The van der Waals surface area contributed by atoms with Crippen LogP contribution in [0.1, 0.15) is 12.8 Å². The Hall–Kier alpha value is -2.01. The van der Waals surface area contributed by atoms with Crippen LogP contribution in [0.2, 0.25) is 0 Å². The van der Waals surface area contributed by atoms with Crippen molar-refractivity contribution in [3.63, 3.8) is 0 Å². The van der Waals surface area contributed by atoms with Crippen LogP contribution in [0.5, 0.6) is 0 Å². The summed E-state index contributed by atoms with van der Waals surface area (Å²) in [7, 11) is -5.24. The summed E-state index contributed by atoms with van der Waals surface area (Å²) in [5.41, 5.74) is 0. The van der Waals surface area contributed by atoms with Crippen molar-refractivity contribution < 1.29 is 16.8 Å². The molecule has 1 aromatic carbocycles. The lowest BCUT2D eigenvalue weighted by Gasteiger charge is -2.24. The van der Waals surface area contributed by atoms with Gasteiger partial charge < -0.3 is 0 Å². The molecule has 0 amide bonds. The largest absolute Gasteiger partial charge is 0.217 e. The van der Waals surface area contributed by atoms with E-state index in [9.17, 15) is 16.8 Å². The van der Waals surface area contributed by atoms with E-state index in [-0.39, 0.29) is 0 Å². The first-order chi connectivity index (χ1) is 12.1. The summed E-state index contributed by atoms with van der Waals surface area (Å²) in [6.07, 6.45) is 11.7. The van der Waals surface area contributed by atoms with Gasteiger partial charge in [0.25, 0.3) is 0 Å². The van der Waals surface area contributed by atoms with Crippen molar-refractivity contribution in [2.24, 2.45) is 0 Å². The van der Waals surface area contributed by atoms with Gasteiger partial charge in [-0.25, -0.2) is 0 Å².